The van der Waals surface area contributed by atoms with Gasteiger partial charge in [0.2, 0.25) is 0 Å². The predicted molar refractivity (Wildman–Crippen MR) is 71.5 cm³/mol. The SMILES string of the molecule is CCOC(=O)C1(NC)CCC(N2CCCC2C)C1. The molecule has 1 heterocycles. The van der Waals surface area contributed by atoms with Gasteiger partial charge >= 0.3 is 5.97 Å². The number of nitrogens with one attached hydrogen (secondary N) is 1. The van der Waals surface area contributed by atoms with Crippen LogP contribution >= 0.6 is 0 Å². The van der Waals surface area contributed by atoms with Gasteiger partial charge in [0.15, 0.2) is 0 Å². The van der Waals surface area contributed by atoms with Crippen LogP contribution in [0.2, 0.25) is 0 Å². The first kappa shape index (κ1) is 13.8. The Balaban J connectivity index is 2.02. The first-order valence-electron chi connectivity index (χ1n) is 7.25. The summed E-state index contributed by atoms with van der Waals surface area (Å²) in [6, 6.07) is 1.21. The number of hydrogen-bond acceptors (Lipinski definition) is 4. The molecule has 1 N–H and O–H groups in total. The van der Waals surface area contributed by atoms with E-state index in [0.717, 1.165) is 19.3 Å². The second-order valence-corrected chi connectivity index (χ2v) is 5.68. The molecule has 0 spiro atoms. The predicted octanol–water partition coefficient (Wildman–Crippen LogP) is 1.54. The zero-order chi connectivity index (χ0) is 13.2. The molecular weight excluding hydrogens is 228 g/mol. The lowest BCUT2D eigenvalue weighted by atomic mass is 9.97. The minimum absolute atomic E-state index is 0.0677. The molecule has 1 aliphatic carbocycles. The number of rotatable bonds is 4. The molecule has 0 amide bonds. The van der Waals surface area contributed by atoms with E-state index in [1.165, 1.54) is 19.4 Å². The van der Waals surface area contributed by atoms with Gasteiger partial charge in [-0.1, -0.05) is 0 Å². The van der Waals surface area contributed by atoms with Crippen LogP contribution in [0.1, 0.15) is 46.0 Å². The van der Waals surface area contributed by atoms with E-state index in [-0.39, 0.29) is 5.97 Å². The van der Waals surface area contributed by atoms with Crippen LogP contribution < -0.4 is 5.32 Å². The van der Waals surface area contributed by atoms with Crippen LogP contribution in [0, 0.1) is 0 Å². The summed E-state index contributed by atoms with van der Waals surface area (Å²) in [5, 5.41) is 3.23. The number of carbonyl (C=O) groups is 1. The number of nitrogens with zero attached hydrogens (tertiary/aromatic N) is 1. The largest absolute Gasteiger partial charge is 0.465 e. The third-order valence-corrected chi connectivity index (χ3v) is 4.71. The van der Waals surface area contributed by atoms with Crippen LogP contribution in [-0.4, -0.2) is 48.7 Å². The van der Waals surface area contributed by atoms with Crippen LogP contribution in [-0.2, 0) is 9.53 Å². The molecule has 4 heteroatoms. The number of carbonyl (C=O) groups excluding carboxylic acids is 1. The van der Waals surface area contributed by atoms with Crippen LogP contribution in [0.5, 0.6) is 0 Å². The molecule has 3 unspecified atom stereocenters. The summed E-state index contributed by atoms with van der Waals surface area (Å²) in [5.41, 5.74) is -0.441. The van der Waals surface area contributed by atoms with Crippen molar-refractivity contribution in [2.24, 2.45) is 0 Å². The van der Waals surface area contributed by atoms with Crippen molar-refractivity contribution in [3.05, 3.63) is 0 Å². The molecular formula is C14H26N2O2. The highest BCUT2D eigenvalue weighted by Gasteiger charge is 2.47. The van der Waals surface area contributed by atoms with Gasteiger partial charge in [-0.25, -0.2) is 0 Å². The van der Waals surface area contributed by atoms with E-state index in [2.05, 4.69) is 17.1 Å². The van der Waals surface area contributed by atoms with Crippen molar-refractivity contribution in [3.63, 3.8) is 0 Å². The Hall–Kier alpha value is -0.610. The van der Waals surface area contributed by atoms with Crippen LogP contribution in [0.3, 0.4) is 0 Å². The van der Waals surface area contributed by atoms with Crippen molar-refractivity contribution in [2.75, 3.05) is 20.2 Å². The third-order valence-electron chi connectivity index (χ3n) is 4.71. The lowest BCUT2D eigenvalue weighted by molar-refractivity contribution is -0.151. The lowest BCUT2D eigenvalue weighted by Crippen LogP contribution is -2.50. The summed E-state index contributed by atoms with van der Waals surface area (Å²) in [5.74, 6) is -0.0677. The first-order valence-corrected chi connectivity index (χ1v) is 7.25. The molecule has 2 aliphatic rings. The summed E-state index contributed by atoms with van der Waals surface area (Å²) in [6.07, 6.45) is 5.49. The Morgan fingerprint density at radius 1 is 1.50 bits per heavy atom. The Kier molecular flexibility index (Phi) is 4.28. The molecule has 2 fully saturated rings. The van der Waals surface area contributed by atoms with Crippen LogP contribution in [0.4, 0.5) is 0 Å². The number of ether oxygens (including phenoxy) is 1. The smallest absolute Gasteiger partial charge is 0.326 e. The molecule has 0 aromatic heterocycles. The fourth-order valence-electron chi connectivity index (χ4n) is 3.58. The summed E-state index contributed by atoms with van der Waals surface area (Å²) in [7, 11) is 1.88. The van der Waals surface area contributed by atoms with Gasteiger partial charge in [0.25, 0.3) is 0 Å². The third kappa shape index (κ3) is 2.41. The van der Waals surface area contributed by atoms with Gasteiger partial charge in [-0.2, -0.15) is 0 Å². The summed E-state index contributed by atoms with van der Waals surface area (Å²) < 4.78 is 5.24. The summed E-state index contributed by atoms with van der Waals surface area (Å²) in [4.78, 5) is 14.7. The lowest BCUT2D eigenvalue weighted by Gasteiger charge is -2.31. The van der Waals surface area contributed by atoms with E-state index < -0.39 is 5.54 Å². The van der Waals surface area contributed by atoms with E-state index in [1.54, 1.807) is 0 Å². The number of hydrogen-bond donors (Lipinski definition) is 1. The number of esters is 1. The summed E-state index contributed by atoms with van der Waals surface area (Å²) in [6.45, 7) is 5.83. The molecule has 0 bridgehead atoms. The quantitative estimate of drug-likeness (QED) is 0.773. The maximum atomic E-state index is 12.1. The number of likely N-dealkylation sites (N-methyl/N-ethyl adjacent to an activating group) is 1. The first-order chi connectivity index (χ1) is 8.63. The zero-order valence-corrected chi connectivity index (χ0v) is 11.9. The monoisotopic (exact) mass is 254 g/mol. The van der Waals surface area contributed by atoms with E-state index in [4.69, 9.17) is 4.74 Å². The molecule has 18 heavy (non-hydrogen) atoms. The maximum Gasteiger partial charge on any atom is 0.326 e. The van der Waals surface area contributed by atoms with Gasteiger partial charge < -0.3 is 10.1 Å². The Bertz CT molecular complexity index is 308. The maximum absolute atomic E-state index is 12.1. The van der Waals surface area contributed by atoms with Crippen molar-refractivity contribution in [3.8, 4) is 0 Å². The molecule has 1 saturated heterocycles. The second-order valence-electron chi connectivity index (χ2n) is 5.68. The highest BCUT2D eigenvalue weighted by Crippen LogP contribution is 2.36. The van der Waals surface area contributed by atoms with E-state index in [0.29, 0.717) is 18.7 Å². The average molecular weight is 254 g/mol. The number of likely N-dealkylation sites (tertiary alicyclic amines) is 1. The van der Waals surface area contributed by atoms with Crippen LogP contribution in [0.15, 0.2) is 0 Å². The average Bonchev–Trinajstić information content (AvgIpc) is 2.96. The molecule has 1 aliphatic heterocycles. The molecule has 2 rings (SSSR count). The minimum Gasteiger partial charge on any atom is -0.465 e. The van der Waals surface area contributed by atoms with Gasteiger partial charge in [0.1, 0.15) is 5.54 Å². The van der Waals surface area contributed by atoms with E-state index in [9.17, 15) is 4.79 Å². The van der Waals surface area contributed by atoms with Gasteiger partial charge in [-0.05, 0) is 59.5 Å². The Morgan fingerprint density at radius 2 is 2.28 bits per heavy atom. The van der Waals surface area contributed by atoms with Crippen molar-refractivity contribution in [1.82, 2.24) is 10.2 Å². The van der Waals surface area contributed by atoms with Crippen molar-refractivity contribution in [2.45, 2.75) is 63.6 Å². The van der Waals surface area contributed by atoms with Gasteiger partial charge in [0.05, 0.1) is 6.61 Å². The fraction of sp³-hybridized carbons (Fsp3) is 0.929. The minimum atomic E-state index is -0.441. The van der Waals surface area contributed by atoms with Crippen molar-refractivity contribution < 1.29 is 9.53 Å². The molecule has 1 saturated carbocycles. The topological polar surface area (TPSA) is 41.6 Å². The molecule has 0 aromatic rings. The highest BCUT2D eigenvalue weighted by atomic mass is 16.5. The van der Waals surface area contributed by atoms with Gasteiger partial charge in [-0.3, -0.25) is 9.69 Å². The van der Waals surface area contributed by atoms with Crippen LogP contribution in [0.25, 0.3) is 0 Å². The Morgan fingerprint density at radius 3 is 2.83 bits per heavy atom. The van der Waals surface area contributed by atoms with Crippen molar-refractivity contribution >= 4 is 5.97 Å². The van der Waals surface area contributed by atoms with Gasteiger partial charge in [0, 0.05) is 12.1 Å². The Labute approximate surface area is 110 Å². The molecule has 3 atom stereocenters. The molecule has 4 nitrogen and oxygen atoms in total. The normalized spacial score (nSPS) is 37.1. The van der Waals surface area contributed by atoms with Crippen molar-refractivity contribution in [1.29, 1.82) is 0 Å². The van der Waals surface area contributed by atoms with E-state index in [1.807, 2.05) is 14.0 Å². The molecule has 0 radical (unpaired) electrons. The standard InChI is InChI=1S/C14H26N2O2/c1-4-18-13(17)14(15-3)8-7-12(10-14)16-9-5-6-11(16)2/h11-12,15H,4-10H2,1-3H3. The zero-order valence-electron chi connectivity index (χ0n) is 11.9. The fourth-order valence-corrected chi connectivity index (χ4v) is 3.58. The summed E-state index contributed by atoms with van der Waals surface area (Å²) >= 11 is 0. The molecule has 104 valence electrons. The molecule has 0 aromatic carbocycles. The highest BCUT2D eigenvalue weighted by molar-refractivity contribution is 5.81. The van der Waals surface area contributed by atoms with E-state index >= 15 is 0 Å². The van der Waals surface area contributed by atoms with Gasteiger partial charge in [-0.15, -0.1) is 0 Å². The second kappa shape index (κ2) is 5.57.